The summed E-state index contributed by atoms with van der Waals surface area (Å²) in [5.74, 6) is -0.0117. The Hall–Kier alpha value is -8.99. The molecule has 0 bridgehead atoms. The lowest BCUT2D eigenvalue weighted by Gasteiger charge is -2.22. The largest absolute Gasteiger partial charge is 0.485 e. The molecule has 0 radical (unpaired) electrons. The van der Waals surface area contributed by atoms with Crippen LogP contribution in [0.3, 0.4) is 0 Å². The summed E-state index contributed by atoms with van der Waals surface area (Å²) < 4.78 is 46.1. The van der Waals surface area contributed by atoms with Gasteiger partial charge in [-0.15, -0.1) is 0 Å². The first-order valence-corrected chi connectivity index (χ1v) is 24.5. The number of nitrogens with one attached hydrogen (secondary N) is 3. The normalized spacial score (nSPS) is 11.8. The van der Waals surface area contributed by atoms with E-state index in [9.17, 15) is 18.0 Å². The zero-order valence-electron chi connectivity index (χ0n) is 40.9. The summed E-state index contributed by atoms with van der Waals surface area (Å²) in [5.41, 5.74) is 20.8. The molecule has 0 aliphatic heterocycles. The van der Waals surface area contributed by atoms with Gasteiger partial charge in [-0.2, -0.15) is 10.2 Å². The highest BCUT2D eigenvalue weighted by Crippen LogP contribution is 2.39. The monoisotopic (exact) mass is 1010 g/mol. The van der Waals surface area contributed by atoms with Crippen LogP contribution in [0.2, 0.25) is 0 Å². The number of nitrogens with two attached hydrogens (primary N) is 3. The SMILES string of the molecule is CC(C)(C)n1nc(-c2ccc(N)c(OCc3cccc(CCS(=O)(=O)Nc4ccc(-c5nn(C(C)(C)C)c(Nc6cnccn6)c5C(N)=O)cc4OCc4ccccn4)n3)c2)c(C(N)=O)c1Nc1cnccn1. The van der Waals surface area contributed by atoms with Crippen LogP contribution >= 0.6 is 0 Å². The number of rotatable bonds is 19. The van der Waals surface area contributed by atoms with E-state index in [1.54, 1.807) is 76.2 Å². The molecule has 0 aliphatic rings. The predicted octanol–water partition coefficient (Wildman–Crippen LogP) is 6.70. The van der Waals surface area contributed by atoms with Crippen molar-refractivity contribution in [1.29, 1.82) is 0 Å². The highest BCUT2D eigenvalue weighted by molar-refractivity contribution is 7.92. The maximum Gasteiger partial charge on any atom is 0.254 e. The molecular weight excluding hydrogens is 953 g/mol. The molecule has 2 amide bonds. The lowest BCUT2D eigenvalue weighted by atomic mass is 10.1. The zero-order valence-corrected chi connectivity index (χ0v) is 41.7. The van der Waals surface area contributed by atoms with E-state index < -0.39 is 32.9 Å². The molecule has 0 unspecified atom stereocenters. The highest BCUT2D eigenvalue weighted by Gasteiger charge is 2.31. The maximum absolute atomic E-state index is 13.9. The Morgan fingerprint density at radius 2 is 1.16 bits per heavy atom. The Bertz CT molecular complexity index is 3390. The number of ether oxygens (including phenoxy) is 2. The molecule has 73 heavy (non-hydrogen) atoms. The summed E-state index contributed by atoms with van der Waals surface area (Å²) >= 11 is 0. The van der Waals surface area contributed by atoms with Crippen molar-refractivity contribution in [3.05, 3.63) is 144 Å². The Morgan fingerprint density at radius 1 is 0.630 bits per heavy atom. The predicted molar refractivity (Wildman–Crippen MR) is 276 cm³/mol. The number of amides is 2. The van der Waals surface area contributed by atoms with E-state index in [0.717, 1.165) is 0 Å². The molecule has 23 heteroatoms. The number of hydrogen-bond donors (Lipinski definition) is 6. The standard InChI is InChI=1S/C50H54N16O6S/c1-49(2,3)65-47(60-39-26-54-19-21-57-39)41(45(52)67)43(62-65)30-13-15-35(51)37(24-30)71-29-34-12-9-11-32(59-34)17-23-73(69,70)64-36-16-14-31(25-38(36)72-28-33-10-7-8-18-56-33)44-42(46(53)68)48(66(63-44)50(4,5)6)61-40-27-55-20-22-58-40/h7-16,18-22,24-27,64H,17,23,28-29,51H2,1-6H3,(H2,52,67)(H2,53,68)(H,57,60)(H,58,61). The molecule has 0 saturated heterocycles. The Balaban J connectivity index is 1.01. The van der Waals surface area contributed by atoms with Crippen molar-refractivity contribution < 1.29 is 27.5 Å². The van der Waals surface area contributed by atoms with Crippen LogP contribution in [0.4, 0.5) is 34.6 Å². The Morgan fingerprint density at radius 3 is 1.70 bits per heavy atom. The summed E-state index contributed by atoms with van der Waals surface area (Å²) in [6.07, 6.45) is 10.8. The van der Waals surface area contributed by atoms with Gasteiger partial charge in [-0.05, 0) is 90.1 Å². The van der Waals surface area contributed by atoms with E-state index in [4.69, 9.17) is 36.9 Å². The van der Waals surface area contributed by atoms with Crippen LogP contribution in [0.15, 0.2) is 116 Å². The Labute approximate surface area is 420 Å². The minimum atomic E-state index is -4.04. The van der Waals surface area contributed by atoms with Crippen LogP contribution in [0.25, 0.3) is 22.5 Å². The molecule has 0 spiro atoms. The van der Waals surface area contributed by atoms with Gasteiger partial charge in [0.25, 0.3) is 11.8 Å². The fourth-order valence-electron chi connectivity index (χ4n) is 7.55. The smallest absolute Gasteiger partial charge is 0.254 e. The molecule has 0 saturated carbocycles. The third-order valence-electron chi connectivity index (χ3n) is 10.9. The summed E-state index contributed by atoms with van der Waals surface area (Å²) in [5, 5.41) is 16.0. The van der Waals surface area contributed by atoms with Crippen LogP contribution in [-0.2, 0) is 40.7 Å². The molecule has 22 nitrogen and oxygen atoms in total. The van der Waals surface area contributed by atoms with Crippen LogP contribution in [0.5, 0.6) is 11.5 Å². The van der Waals surface area contributed by atoms with Gasteiger partial charge in [0.1, 0.15) is 70.5 Å². The van der Waals surface area contributed by atoms with E-state index in [-0.39, 0.29) is 53.6 Å². The van der Waals surface area contributed by atoms with Gasteiger partial charge in [0.15, 0.2) is 0 Å². The van der Waals surface area contributed by atoms with E-state index in [0.29, 0.717) is 68.6 Å². The first kappa shape index (κ1) is 50.4. The summed E-state index contributed by atoms with van der Waals surface area (Å²) in [6.45, 7) is 11.5. The molecule has 8 aromatic rings. The van der Waals surface area contributed by atoms with Gasteiger partial charge < -0.3 is 37.3 Å². The van der Waals surface area contributed by atoms with E-state index in [1.807, 2.05) is 47.6 Å². The van der Waals surface area contributed by atoms with Crippen LogP contribution in [0.1, 0.15) is 79.3 Å². The van der Waals surface area contributed by atoms with Crippen molar-refractivity contribution in [1.82, 2.24) is 49.5 Å². The van der Waals surface area contributed by atoms with Crippen LogP contribution in [-0.4, -0.2) is 75.4 Å². The summed E-state index contributed by atoms with van der Waals surface area (Å²) in [4.78, 5) is 52.1. The van der Waals surface area contributed by atoms with Crippen LogP contribution < -0.4 is 42.0 Å². The molecule has 9 N–H and O–H groups in total. The number of hydrogen-bond acceptors (Lipinski definition) is 17. The topological polar surface area (TPSA) is 314 Å². The average Bonchev–Trinajstić information content (AvgIpc) is 3.94. The average molecular weight is 1010 g/mol. The first-order valence-electron chi connectivity index (χ1n) is 22.8. The molecule has 2 aromatic carbocycles. The zero-order chi connectivity index (χ0) is 52.1. The van der Waals surface area contributed by atoms with Gasteiger partial charge >= 0.3 is 0 Å². The first-order chi connectivity index (χ1) is 34.7. The fourth-order valence-corrected chi connectivity index (χ4v) is 8.64. The molecule has 6 heterocycles. The van der Waals surface area contributed by atoms with Gasteiger partial charge in [0.05, 0.1) is 52.0 Å². The van der Waals surface area contributed by atoms with E-state index >= 15 is 0 Å². The van der Waals surface area contributed by atoms with Crippen molar-refractivity contribution in [2.45, 2.75) is 72.3 Å². The molecule has 376 valence electrons. The number of sulfonamides is 1. The molecule has 0 aliphatic carbocycles. The summed E-state index contributed by atoms with van der Waals surface area (Å²) in [7, 11) is -4.04. The number of carbonyl (C=O) groups excluding carboxylic acids is 2. The van der Waals surface area contributed by atoms with Gasteiger partial charge in [0, 0.05) is 54.2 Å². The second-order valence-electron chi connectivity index (χ2n) is 18.6. The number of aryl methyl sites for hydroxylation is 1. The number of nitrogen functional groups attached to an aromatic ring is 1. The number of benzene rings is 2. The van der Waals surface area contributed by atoms with Crippen molar-refractivity contribution in [2.75, 3.05) is 26.8 Å². The third-order valence-corrected chi connectivity index (χ3v) is 12.2. The maximum atomic E-state index is 13.9. The van der Waals surface area contributed by atoms with Crippen molar-refractivity contribution in [3.8, 4) is 34.0 Å². The van der Waals surface area contributed by atoms with Gasteiger partial charge in [0.2, 0.25) is 10.0 Å². The van der Waals surface area contributed by atoms with Crippen molar-refractivity contribution in [3.63, 3.8) is 0 Å². The van der Waals surface area contributed by atoms with Gasteiger partial charge in [-0.3, -0.25) is 34.2 Å². The molecule has 8 rings (SSSR count). The summed E-state index contributed by atoms with van der Waals surface area (Å²) in [6, 6.07) is 20.3. The van der Waals surface area contributed by atoms with Gasteiger partial charge in [-0.25, -0.2) is 27.7 Å². The number of anilines is 6. The second kappa shape index (κ2) is 20.8. The Kier molecular flexibility index (Phi) is 14.3. The highest BCUT2D eigenvalue weighted by atomic mass is 32.2. The number of primary amides is 2. The van der Waals surface area contributed by atoms with E-state index in [2.05, 4.69) is 45.3 Å². The van der Waals surface area contributed by atoms with Crippen molar-refractivity contribution >= 4 is 56.5 Å². The minimum Gasteiger partial charge on any atom is -0.485 e. The number of nitrogens with zero attached hydrogens (tertiary/aromatic N) is 10. The lowest BCUT2D eigenvalue weighted by Crippen LogP contribution is -2.25. The minimum absolute atomic E-state index is 0.00840. The number of aromatic nitrogens is 10. The van der Waals surface area contributed by atoms with E-state index in [1.165, 1.54) is 43.2 Å². The fraction of sp³-hybridized carbons (Fsp3) is 0.240. The quantitative estimate of drug-likeness (QED) is 0.0459. The molecule has 0 atom stereocenters. The van der Waals surface area contributed by atoms with Gasteiger partial charge in [-0.1, -0.05) is 24.3 Å². The molecular formula is C50H54N16O6S. The van der Waals surface area contributed by atoms with Crippen molar-refractivity contribution in [2.24, 2.45) is 11.5 Å². The third kappa shape index (κ3) is 12.0. The lowest BCUT2D eigenvalue weighted by molar-refractivity contribution is 0.0993. The van der Waals surface area contributed by atoms with Crippen LogP contribution in [0, 0.1) is 0 Å². The number of pyridine rings is 2. The second-order valence-corrected chi connectivity index (χ2v) is 20.5. The molecule has 0 fully saturated rings. The molecule has 6 aromatic heterocycles. The number of carbonyl (C=O) groups is 2.